The van der Waals surface area contributed by atoms with Crippen LogP contribution in [0.3, 0.4) is 0 Å². The molecule has 68 valence electrons. The van der Waals surface area contributed by atoms with Gasteiger partial charge in [-0.15, -0.1) is 22.7 Å². The molecular formula is C9H10N2S2. The van der Waals surface area contributed by atoms with E-state index in [0.717, 1.165) is 9.88 Å². The van der Waals surface area contributed by atoms with Gasteiger partial charge >= 0.3 is 0 Å². The molecule has 0 aliphatic carbocycles. The van der Waals surface area contributed by atoms with E-state index in [0.29, 0.717) is 5.92 Å². The van der Waals surface area contributed by atoms with E-state index in [1.54, 1.807) is 22.7 Å². The van der Waals surface area contributed by atoms with Crippen LogP contribution in [-0.2, 0) is 0 Å². The predicted molar refractivity (Wildman–Crippen MR) is 57.3 cm³/mol. The van der Waals surface area contributed by atoms with Gasteiger partial charge in [-0.3, -0.25) is 4.98 Å². The van der Waals surface area contributed by atoms with Crippen molar-refractivity contribution in [2.24, 2.45) is 0 Å². The molecule has 0 spiro atoms. The number of hydrogen-bond donors (Lipinski definition) is 0. The first-order chi connectivity index (χ1) is 6.27. The molecule has 4 heteroatoms. The summed E-state index contributed by atoms with van der Waals surface area (Å²) in [7, 11) is 0. The first kappa shape index (κ1) is 8.84. The molecule has 0 aliphatic rings. The van der Waals surface area contributed by atoms with Gasteiger partial charge in [0.2, 0.25) is 0 Å². The molecule has 13 heavy (non-hydrogen) atoms. The molecule has 0 N–H and O–H groups in total. The van der Waals surface area contributed by atoms with Gasteiger partial charge < -0.3 is 0 Å². The minimum Gasteiger partial charge on any atom is -0.252 e. The van der Waals surface area contributed by atoms with Gasteiger partial charge in [-0.05, 0) is 5.92 Å². The van der Waals surface area contributed by atoms with Crippen molar-refractivity contribution in [3.63, 3.8) is 0 Å². The molecule has 0 aromatic carbocycles. The second-order valence-electron chi connectivity index (χ2n) is 3.10. The molecule has 0 aliphatic heterocycles. The number of nitrogens with zero attached hydrogens (tertiary/aromatic N) is 2. The SMILES string of the molecule is CC(C)c1csc(-c2cncs2)n1. The van der Waals surface area contributed by atoms with Crippen molar-refractivity contribution in [2.45, 2.75) is 19.8 Å². The second-order valence-corrected chi connectivity index (χ2v) is 4.84. The third kappa shape index (κ3) is 1.78. The second kappa shape index (κ2) is 3.55. The van der Waals surface area contributed by atoms with Gasteiger partial charge in [-0.2, -0.15) is 0 Å². The highest BCUT2D eigenvalue weighted by molar-refractivity contribution is 7.19. The summed E-state index contributed by atoms with van der Waals surface area (Å²) in [5.41, 5.74) is 3.01. The van der Waals surface area contributed by atoms with Crippen LogP contribution in [0.5, 0.6) is 0 Å². The van der Waals surface area contributed by atoms with Gasteiger partial charge in [0.1, 0.15) is 5.01 Å². The lowest BCUT2D eigenvalue weighted by Crippen LogP contribution is -1.85. The van der Waals surface area contributed by atoms with Crippen LogP contribution in [0.1, 0.15) is 25.5 Å². The molecule has 2 aromatic heterocycles. The highest BCUT2D eigenvalue weighted by atomic mass is 32.1. The van der Waals surface area contributed by atoms with Gasteiger partial charge in [-0.1, -0.05) is 13.8 Å². The van der Waals surface area contributed by atoms with Crippen LogP contribution in [0.4, 0.5) is 0 Å². The summed E-state index contributed by atoms with van der Waals surface area (Å²) in [6, 6.07) is 0. The van der Waals surface area contributed by atoms with Crippen molar-refractivity contribution in [3.8, 4) is 9.88 Å². The minimum absolute atomic E-state index is 0.512. The van der Waals surface area contributed by atoms with E-state index >= 15 is 0 Å². The van der Waals surface area contributed by atoms with Gasteiger partial charge in [0, 0.05) is 11.6 Å². The molecular weight excluding hydrogens is 200 g/mol. The third-order valence-corrected chi connectivity index (χ3v) is 3.56. The number of hydrogen-bond acceptors (Lipinski definition) is 4. The smallest absolute Gasteiger partial charge is 0.135 e. The molecule has 2 heterocycles. The van der Waals surface area contributed by atoms with Gasteiger partial charge in [0.05, 0.1) is 16.1 Å². The van der Waals surface area contributed by atoms with Crippen LogP contribution in [0, 0.1) is 0 Å². The van der Waals surface area contributed by atoms with Crippen molar-refractivity contribution in [3.05, 3.63) is 22.8 Å². The molecule has 0 fully saturated rings. The van der Waals surface area contributed by atoms with E-state index in [2.05, 4.69) is 29.2 Å². The fourth-order valence-electron chi connectivity index (χ4n) is 0.986. The Hall–Kier alpha value is -0.740. The fraction of sp³-hybridized carbons (Fsp3) is 0.333. The standard InChI is InChI=1S/C9H10N2S2/c1-6(2)7-4-12-9(11-7)8-3-10-5-13-8/h3-6H,1-2H3. The topological polar surface area (TPSA) is 25.8 Å². The quantitative estimate of drug-likeness (QED) is 0.759. The van der Waals surface area contributed by atoms with E-state index in [9.17, 15) is 0 Å². The highest BCUT2D eigenvalue weighted by Gasteiger charge is 2.07. The largest absolute Gasteiger partial charge is 0.252 e. The van der Waals surface area contributed by atoms with Crippen LogP contribution in [-0.4, -0.2) is 9.97 Å². The summed E-state index contributed by atoms with van der Waals surface area (Å²) >= 11 is 3.33. The fourth-order valence-corrected chi connectivity index (χ4v) is 2.66. The van der Waals surface area contributed by atoms with E-state index in [1.165, 1.54) is 5.69 Å². The molecule has 0 bridgehead atoms. The van der Waals surface area contributed by atoms with Gasteiger partial charge in [0.15, 0.2) is 0 Å². The van der Waals surface area contributed by atoms with Crippen LogP contribution in [0.25, 0.3) is 9.88 Å². The van der Waals surface area contributed by atoms with Crippen molar-refractivity contribution in [1.82, 2.24) is 9.97 Å². The molecule has 2 aromatic rings. The highest BCUT2D eigenvalue weighted by Crippen LogP contribution is 2.28. The summed E-state index contributed by atoms with van der Waals surface area (Å²) in [5, 5.41) is 3.21. The van der Waals surface area contributed by atoms with Crippen molar-refractivity contribution in [1.29, 1.82) is 0 Å². The monoisotopic (exact) mass is 210 g/mol. The van der Waals surface area contributed by atoms with Crippen molar-refractivity contribution < 1.29 is 0 Å². The zero-order chi connectivity index (χ0) is 9.26. The van der Waals surface area contributed by atoms with Crippen molar-refractivity contribution in [2.75, 3.05) is 0 Å². The van der Waals surface area contributed by atoms with Crippen LogP contribution in [0.2, 0.25) is 0 Å². The molecule has 0 saturated carbocycles. The summed E-state index contributed by atoms with van der Waals surface area (Å²) in [6.45, 7) is 4.32. The van der Waals surface area contributed by atoms with Crippen LogP contribution in [0.15, 0.2) is 17.1 Å². The maximum atomic E-state index is 4.54. The molecule has 2 rings (SSSR count). The Morgan fingerprint density at radius 2 is 2.15 bits per heavy atom. The van der Waals surface area contributed by atoms with E-state index in [1.807, 2.05) is 11.7 Å². The Bertz CT molecular complexity index is 376. The van der Waals surface area contributed by atoms with Crippen LogP contribution < -0.4 is 0 Å². The molecule has 0 radical (unpaired) electrons. The van der Waals surface area contributed by atoms with E-state index < -0.39 is 0 Å². The maximum Gasteiger partial charge on any atom is 0.135 e. The maximum absolute atomic E-state index is 4.54. The Labute approximate surface area is 85.3 Å². The predicted octanol–water partition coefficient (Wildman–Crippen LogP) is 3.39. The zero-order valence-electron chi connectivity index (χ0n) is 7.52. The number of rotatable bonds is 2. The third-order valence-electron chi connectivity index (χ3n) is 1.76. The van der Waals surface area contributed by atoms with E-state index in [4.69, 9.17) is 0 Å². The van der Waals surface area contributed by atoms with Gasteiger partial charge in [0.25, 0.3) is 0 Å². The van der Waals surface area contributed by atoms with E-state index in [-0.39, 0.29) is 0 Å². The minimum atomic E-state index is 0.512. The summed E-state index contributed by atoms with van der Waals surface area (Å²) in [5.74, 6) is 0.512. The number of thiazole rings is 2. The normalized spacial score (nSPS) is 11.0. The Balaban J connectivity index is 2.33. The van der Waals surface area contributed by atoms with Crippen LogP contribution >= 0.6 is 22.7 Å². The zero-order valence-corrected chi connectivity index (χ0v) is 9.15. The first-order valence-corrected chi connectivity index (χ1v) is 5.87. The molecule has 2 nitrogen and oxygen atoms in total. The molecule has 0 saturated heterocycles. The Morgan fingerprint density at radius 3 is 2.69 bits per heavy atom. The summed E-state index contributed by atoms with van der Waals surface area (Å²) in [6.07, 6.45) is 1.87. The average molecular weight is 210 g/mol. The molecule has 0 atom stereocenters. The van der Waals surface area contributed by atoms with Gasteiger partial charge in [-0.25, -0.2) is 4.98 Å². The lowest BCUT2D eigenvalue weighted by molar-refractivity contribution is 0.834. The Morgan fingerprint density at radius 1 is 1.31 bits per heavy atom. The number of aromatic nitrogens is 2. The lowest BCUT2D eigenvalue weighted by Gasteiger charge is -1.95. The van der Waals surface area contributed by atoms with Crippen molar-refractivity contribution >= 4 is 22.7 Å². The summed E-state index contributed by atoms with van der Waals surface area (Å²) in [4.78, 5) is 9.74. The average Bonchev–Trinajstić information content (AvgIpc) is 2.75. The molecule has 0 amide bonds. The Kier molecular flexibility index (Phi) is 2.42. The lowest BCUT2D eigenvalue weighted by atomic mass is 10.2. The molecule has 0 unspecified atom stereocenters. The summed E-state index contributed by atoms with van der Waals surface area (Å²) < 4.78 is 0. The first-order valence-electron chi connectivity index (χ1n) is 4.11.